The van der Waals surface area contributed by atoms with E-state index in [2.05, 4.69) is 64.1 Å². The summed E-state index contributed by atoms with van der Waals surface area (Å²) < 4.78 is 0. The summed E-state index contributed by atoms with van der Waals surface area (Å²) in [6, 6.07) is 17.0. The quantitative estimate of drug-likeness (QED) is 0.329. The van der Waals surface area contributed by atoms with Gasteiger partial charge in [-0.3, -0.25) is 0 Å². The summed E-state index contributed by atoms with van der Waals surface area (Å²) in [6.45, 7) is 9.09. The molecule has 0 amide bonds. The van der Waals surface area contributed by atoms with Gasteiger partial charge in [-0.2, -0.15) is 0 Å². The molecule has 0 unspecified atom stereocenters. The molecule has 0 saturated heterocycles. The monoisotopic (exact) mass is 376 g/mol. The van der Waals surface area contributed by atoms with E-state index in [-0.39, 0.29) is 0 Å². The molecule has 28 heavy (non-hydrogen) atoms. The second kappa shape index (κ2) is 12.8. The first-order chi connectivity index (χ1) is 13.7. The molecular weight excluding hydrogens is 336 g/mol. The van der Waals surface area contributed by atoms with Crippen molar-refractivity contribution < 1.29 is 0 Å². The highest BCUT2D eigenvalue weighted by Crippen LogP contribution is 2.27. The minimum absolute atomic E-state index is 1.14. The Hall–Kier alpha value is -1.56. The van der Waals surface area contributed by atoms with Gasteiger partial charge in [0, 0.05) is 0 Å². The van der Waals surface area contributed by atoms with Gasteiger partial charge in [-0.25, -0.2) is 0 Å². The lowest BCUT2D eigenvalue weighted by molar-refractivity contribution is 0.778. The smallest absolute Gasteiger partial charge is 0.00639 e. The molecule has 0 fully saturated rings. The fraction of sp³-hybridized carbons (Fsp3) is 0.571. The first kappa shape index (κ1) is 22.7. The third-order valence-corrected chi connectivity index (χ3v) is 5.50. The molecule has 0 aromatic heterocycles. The molecule has 0 spiro atoms. The van der Waals surface area contributed by atoms with Crippen molar-refractivity contribution in [1.82, 2.24) is 0 Å². The first-order valence-electron chi connectivity index (χ1n) is 11.8. The van der Waals surface area contributed by atoms with Crippen molar-refractivity contribution in [2.75, 3.05) is 0 Å². The Morgan fingerprint density at radius 1 is 0.500 bits per heavy atom. The maximum atomic E-state index is 3.75. The van der Waals surface area contributed by atoms with Crippen LogP contribution in [0.1, 0.15) is 101 Å². The van der Waals surface area contributed by atoms with Gasteiger partial charge in [0.05, 0.1) is 0 Å². The van der Waals surface area contributed by atoms with Gasteiger partial charge in [-0.05, 0) is 96.9 Å². The Bertz CT molecular complexity index is 581. The highest BCUT2D eigenvalue weighted by Gasteiger charge is 2.08. The van der Waals surface area contributed by atoms with Gasteiger partial charge in [-0.1, -0.05) is 77.6 Å². The van der Waals surface area contributed by atoms with E-state index in [0.717, 1.165) is 12.8 Å². The maximum absolute atomic E-state index is 3.75. The Kier molecular flexibility index (Phi) is 10.4. The molecule has 2 aromatic rings. The lowest BCUT2D eigenvalue weighted by Gasteiger charge is -2.13. The number of benzene rings is 2. The largest absolute Gasteiger partial charge is 0.0654 e. The van der Waals surface area contributed by atoms with E-state index in [1.165, 1.54) is 97.6 Å². The molecule has 0 aliphatic carbocycles. The van der Waals surface area contributed by atoms with E-state index in [1.807, 2.05) is 0 Å². The van der Waals surface area contributed by atoms with E-state index in [0.29, 0.717) is 0 Å². The normalized spacial score (nSPS) is 11.1. The summed E-state index contributed by atoms with van der Waals surface area (Å²) in [5.41, 5.74) is 8.24. The summed E-state index contributed by atoms with van der Waals surface area (Å²) >= 11 is 0. The van der Waals surface area contributed by atoms with E-state index in [4.69, 9.17) is 0 Å². The summed E-state index contributed by atoms with van der Waals surface area (Å²) in [4.78, 5) is 0. The van der Waals surface area contributed by atoms with Crippen LogP contribution >= 0.6 is 0 Å². The van der Waals surface area contributed by atoms with Crippen molar-refractivity contribution in [3.63, 3.8) is 0 Å². The number of hydrogen-bond acceptors (Lipinski definition) is 0. The van der Waals surface area contributed by atoms with Crippen LogP contribution in [0, 0.1) is 12.1 Å². The SMILES string of the molecule is CCCCc1[c]c(-c2[c]c(CCCC)cc(CCCC)c2)cc(CCCC)c1. The van der Waals surface area contributed by atoms with Gasteiger partial charge < -0.3 is 0 Å². The zero-order chi connectivity index (χ0) is 20.2. The van der Waals surface area contributed by atoms with Crippen molar-refractivity contribution >= 4 is 0 Å². The lowest BCUT2D eigenvalue weighted by Crippen LogP contribution is -1.96. The summed E-state index contributed by atoms with van der Waals surface area (Å²) in [7, 11) is 0. The fourth-order valence-electron chi connectivity index (χ4n) is 3.74. The van der Waals surface area contributed by atoms with Crippen LogP contribution in [0.2, 0.25) is 0 Å². The van der Waals surface area contributed by atoms with Crippen molar-refractivity contribution in [3.05, 3.63) is 58.7 Å². The number of aryl methyl sites for hydroxylation is 4. The van der Waals surface area contributed by atoms with Gasteiger partial charge in [0.15, 0.2) is 0 Å². The Labute approximate surface area is 174 Å². The average Bonchev–Trinajstić information content (AvgIpc) is 2.73. The van der Waals surface area contributed by atoms with E-state index >= 15 is 0 Å². The van der Waals surface area contributed by atoms with Gasteiger partial charge in [-0.15, -0.1) is 0 Å². The van der Waals surface area contributed by atoms with Crippen LogP contribution in [0.3, 0.4) is 0 Å². The topological polar surface area (TPSA) is 0 Å². The molecule has 0 atom stereocenters. The van der Waals surface area contributed by atoms with Crippen LogP contribution < -0.4 is 0 Å². The molecule has 0 heterocycles. The molecule has 152 valence electrons. The molecule has 2 aromatic carbocycles. The molecule has 2 rings (SSSR count). The predicted molar refractivity (Wildman–Crippen MR) is 124 cm³/mol. The molecule has 0 heteroatoms. The average molecular weight is 377 g/mol. The first-order valence-corrected chi connectivity index (χ1v) is 11.8. The molecule has 0 N–H and O–H groups in total. The highest BCUT2D eigenvalue weighted by molar-refractivity contribution is 5.66. The van der Waals surface area contributed by atoms with E-state index in [9.17, 15) is 0 Å². The summed E-state index contributed by atoms with van der Waals surface area (Å²) in [5, 5.41) is 0. The van der Waals surface area contributed by atoms with Crippen molar-refractivity contribution in [3.8, 4) is 11.1 Å². The molecule has 0 bridgehead atoms. The Morgan fingerprint density at radius 2 is 0.857 bits per heavy atom. The van der Waals surface area contributed by atoms with Crippen LogP contribution in [0.15, 0.2) is 24.3 Å². The standard InChI is InChI=1S/C28H40/c1-5-9-13-23-17-24(14-10-6-2)20-27(19-23)28-21-25(15-11-7-3)18-26(22-28)16-12-8-4/h17-19,21H,5-16H2,1-4H3. The number of unbranched alkanes of at least 4 members (excludes halogenated alkanes) is 4. The van der Waals surface area contributed by atoms with Crippen LogP contribution in [-0.2, 0) is 25.7 Å². The Balaban J connectivity index is 2.40. The summed E-state index contributed by atoms with van der Waals surface area (Å²) in [6.07, 6.45) is 14.6. The minimum atomic E-state index is 1.14. The Morgan fingerprint density at radius 3 is 1.21 bits per heavy atom. The van der Waals surface area contributed by atoms with Gasteiger partial charge >= 0.3 is 0 Å². The van der Waals surface area contributed by atoms with Crippen molar-refractivity contribution in [1.29, 1.82) is 0 Å². The zero-order valence-corrected chi connectivity index (χ0v) is 18.8. The molecule has 2 radical (unpaired) electrons. The van der Waals surface area contributed by atoms with Gasteiger partial charge in [0.2, 0.25) is 0 Å². The van der Waals surface area contributed by atoms with Crippen molar-refractivity contribution in [2.24, 2.45) is 0 Å². The zero-order valence-electron chi connectivity index (χ0n) is 18.8. The summed E-state index contributed by atoms with van der Waals surface area (Å²) in [5.74, 6) is 0. The number of hydrogen-bond donors (Lipinski definition) is 0. The minimum Gasteiger partial charge on any atom is -0.0654 e. The lowest BCUT2D eigenvalue weighted by atomic mass is 9.92. The molecule has 0 nitrogen and oxygen atoms in total. The molecule has 0 aliphatic heterocycles. The fourth-order valence-corrected chi connectivity index (χ4v) is 3.74. The molecule has 0 saturated carbocycles. The third-order valence-electron chi connectivity index (χ3n) is 5.50. The van der Waals surface area contributed by atoms with Crippen LogP contribution in [0.5, 0.6) is 0 Å². The maximum Gasteiger partial charge on any atom is -0.00639 e. The number of rotatable bonds is 13. The highest BCUT2D eigenvalue weighted by atomic mass is 14.1. The van der Waals surface area contributed by atoms with E-state index in [1.54, 1.807) is 0 Å². The predicted octanol–water partition coefficient (Wildman–Crippen LogP) is 8.32. The van der Waals surface area contributed by atoms with Gasteiger partial charge in [0.25, 0.3) is 0 Å². The van der Waals surface area contributed by atoms with Gasteiger partial charge in [0.1, 0.15) is 0 Å². The molecule has 0 aliphatic rings. The van der Waals surface area contributed by atoms with Crippen LogP contribution in [-0.4, -0.2) is 0 Å². The molecular formula is C28H40. The van der Waals surface area contributed by atoms with Crippen LogP contribution in [0.4, 0.5) is 0 Å². The second-order valence-corrected chi connectivity index (χ2v) is 8.27. The van der Waals surface area contributed by atoms with Crippen molar-refractivity contribution in [2.45, 2.75) is 105 Å². The van der Waals surface area contributed by atoms with E-state index < -0.39 is 0 Å². The van der Waals surface area contributed by atoms with Crippen LogP contribution in [0.25, 0.3) is 11.1 Å². The third kappa shape index (κ3) is 7.46. The second-order valence-electron chi connectivity index (χ2n) is 8.27.